The lowest BCUT2D eigenvalue weighted by atomic mass is 10.1. The van der Waals surface area contributed by atoms with Gasteiger partial charge in [-0.05, 0) is 38.1 Å². The second-order valence-corrected chi connectivity index (χ2v) is 7.14. The van der Waals surface area contributed by atoms with Crippen LogP contribution < -0.4 is 4.90 Å². The second-order valence-electron chi connectivity index (χ2n) is 7.14. The Labute approximate surface area is 168 Å². The summed E-state index contributed by atoms with van der Waals surface area (Å²) in [6.07, 6.45) is 0. The number of nitrogens with zero attached hydrogens (tertiary/aromatic N) is 4. The van der Waals surface area contributed by atoms with E-state index in [9.17, 15) is 13.6 Å². The van der Waals surface area contributed by atoms with Gasteiger partial charge in [-0.15, -0.1) is 0 Å². The molecule has 7 heteroatoms. The largest absolute Gasteiger partial charge is 0.365 e. The lowest BCUT2D eigenvalue weighted by molar-refractivity contribution is 0.0737. The lowest BCUT2D eigenvalue weighted by Crippen LogP contribution is -2.49. The SMILES string of the molecule is Cc1nn(-c2ccccc2)c(C)c1N1CCN(C(=O)c2c(F)cccc2F)CC1. The molecule has 1 fully saturated rings. The number of amides is 1. The van der Waals surface area contributed by atoms with Gasteiger partial charge in [0.2, 0.25) is 0 Å². The first-order valence-corrected chi connectivity index (χ1v) is 9.57. The third kappa shape index (κ3) is 3.48. The maximum absolute atomic E-state index is 14.0. The Morgan fingerprint density at radius 3 is 2.14 bits per heavy atom. The number of aromatic nitrogens is 2. The summed E-state index contributed by atoms with van der Waals surface area (Å²) in [5.74, 6) is -2.25. The number of aryl methyl sites for hydroxylation is 1. The van der Waals surface area contributed by atoms with Crippen LogP contribution in [0.3, 0.4) is 0 Å². The van der Waals surface area contributed by atoms with E-state index in [2.05, 4.69) is 10.00 Å². The molecule has 0 unspecified atom stereocenters. The Bertz CT molecular complexity index is 1020. The van der Waals surface area contributed by atoms with Crippen molar-refractivity contribution in [3.8, 4) is 5.69 Å². The van der Waals surface area contributed by atoms with Crippen molar-refractivity contribution in [2.24, 2.45) is 0 Å². The quantitative estimate of drug-likeness (QED) is 0.678. The van der Waals surface area contributed by atoms with Crippen molar-refractivity contribution in [2.75, 3.05) is 31.1 Å². The summed E-state index contributed by atoms with van der Waals surface area (Å²) >= 11 is 0. The number of carbonyl (C=O) groups is 1. The lowest BCUT2D eigenvalue weighted by Gasteiger charge is -2.36. The molecule has 4 rings (SSSR count). The smallest absolute Gasteiger partial charge is 0.259 e. The van der Waals surface area contributed by atoms with Crippen LogP contribution in [0.5, 0.6) is 0 Å². The number of carbonyl (C=O) groups excluding carboxylic acids is 1. The van der Waals surface area contributed by atoms with E-state index < -0.39 is 23.1 Å². The summed E-state index contributed by atoms with van der Waals surface area (Å²) in [5, 5.41) is 4.68. The summed E-state index contributed by atoms with van der Waals surface area (Å²) in [4.78, 5) is 16.3. The fourth-order valence-electron chi connectivity index (χ4n) is 3.91. The molecule has 1 saturated heterocycles. The molecule has 0 atom stereocenters. The second kappa shape index (κ2) is 7.66. The Morgan fingerprint density at radius 2 is 1.52 bits per heavy atom. The van der Waals surface area contributed by atoms with Crippen molar-refractivity contribution in [1.29, 1.82) is 0 Å². The fraction of sp³-hybridized carbons (Fsp3) is 0.273. The monoisotopic (exact) mass is 396 g/mol. The Kier molecular flexibility index (Phi) is 5.05. The molecule has 1 aliphatic rings. The minimum atomic E-state index is -0.826. The third-order valence-corrected chi connectivity index (χ3v) is 5.31. The van der Waals surface area contributed by atoms with E-state index in [-0.39, 0.29) is 0 Å². The predicted octanol–water partition coefficient (Wildman–Crippen LogP) is 3.73. The van der Waals surface area contributed by atoms with Gasteiger partial charge in [0, 0.05) is 26.2 Å². The zero-order valence-corrected chi connectivity index (χ0v) is 16.4. The highest BCUT2D eigenvalue weighted by molar-refractivity contribution is 5.95. The molecule has 1 aromatic heterocycles. The van der Waals surface area contributed by atoms with Gasteiger partial charge in [0.15, 0.2) is 0 Å². The molecule has 29 heavy (non-hydrogen) atoms. The first kappa shape index (κ1) is 19.1. The van der Waals surface area contributed by atoms with Gasteiger partial charge in [0.25, 0.3) is 5.91 Å². The van der Waals surface area contributed by atoms with Crippen LogP contribution in [0, 0.1) is 25.5 Å². The molecule has 5 nitrogen and oxygen atoms in total. The summed E-state index contributed by atoms with van der Waals surface area (Å²) < 4.78 is 29.8. The van der Waals surface area contributed by atoms with Crippen molar-refractivity contribution >= 4 is 11.6 Å². The molecule has 0 aliphatic carbocycles. The number of piperazine rings is 1. The zero-order valence-electron chi connectivity index (χ0n) is 16.4. The van der Waals surface area contributed by atoms with Crippen LogP contribution >= 0.6 is 0 Å². The van der Waals surface area contributed by atoms with Gasteiger partial charge in [-0.3, -0.25) is 4.79 Å². The van der Waals surface area contributed by atoms with Gasteiger partial charge in [0.1, 0.15) is 17.2 Å². The number of hydrogen-bond donors (Lipinski definition) is 0. The van der Waals surface area contributed by atoms with E-state index in [0.29, 0.717) is 26.2 Å². The highest BCUT2D eigenvalue weighted by Gasteiger charge is 2.28. The molecule has 0 N–H and O–H groups in total. The van der Waals surface area contributed by atoms with Crippen molar-refractivity contribution < 1.29 is 13.6 Å². The van der Waals surface area contributed by atoms with Gasteiger partial charge in [-0.2, -0.15) is 5.10 Å². The molecule has 150 valence electrons. The van der Waals surface area contributed by atoms with Crippen LogP contribution in [0.2, 0.25) is 0 Å². The van der Waals surface area contributed by atoms with Crippen molar-refractivity contribution in [1.82, 2.24) is 14.7 Å². The highest BCUT2D eigenvalue weighted by Crippen LogP contribution is 2.28. The maximum Gasteiger partial charge on any atom is 0.259 e. The van der Waals surface area contributed by atoms with Gasteiger partial charge in [-0.1, -0.05) is 24.3 Å². The van der Waals surface area contributed by atoms with E-state index in [0.717, 1.165) is 34.9 Å². The van der Waals surface area contributed by atoms with E-state index in [1.54, 1.807) is 0 Å². The van der Waals surface area contributed by atoms with Gasteiger partial charge >= 0.3 is 0 Å². The average Bonchev–Trinajstić information content (AvgIpc) is 3.02. The Hall–Kier alpha value is -3.22. The van der Waals surface area contributed by atoms with Crippen LogP contribution in [0.25, 0.3) is 5.69 Å². The fourth-order valence-corrected chi connectivity index (χ4v) is 3.91. The molecule has 0 spiro atoms. The van der Waals surface area contributed by atoms with Crippen molar-refractivity contribution in [2.45, 2.75) is 13.8 Å². The summed E-state index contributed by atoms with van der Waals surface area (Å²) in [5.41, 5.74) is 3.48. The average molecular weight is 396 g/mol. The van der Waals surface area contributed by atoms with Crippen molar-refractivity contribution in [3.63, 3.8) is 0 Å². The summed E-state index contributed by atoms with van der Waals surface area (Å²) in [6.45, 7) is 5.92. The Balaban J connectivity index is 1.52. The Morgan fingerprint density at radius 1 is 0.897 bits per heavy atom. The minimum absolute atomic E-state index is 0.391. The number of rotatable bonds is 3. The van der Waals surface area contributed by atoms with Gasteiger partial charge in [-0.25, -0.2) is 13.5 Å². The van der Waals surface area contributed by atoms with Gasteiger partial charge in [0.05, 0.1) is 22.8 Å². The van der Waals surface area contributed by atoms with E-state index in [1.165, 1.54) is 11.0 Å². The highest BCUT2D eigenvalue weighted by atomic mass is 19.1. The number of halogens is 2. The molecule has 0 radical (unpaired) electrons. The van der Waals surface area contributed by atoms with E-state index in [1.807, 2.05) is 48.9 Å². The van der Waals surface area contributed by atoms with Crippen LogP contribution in [0.15, 0.2) is 48.5 Å². The summed E-state index contributed by atoms with van der Waals surface area (Å²) in [6, 6.07) is 13.4. The molecule has 3 aromatic rings. The molecule has 2 aromatic carbocycles. The van der Waals surface area contributed by atoms with Crippen LogP contribution in [0.1, 0.15) is 21.7 Å². The number of benzene rings is 2. The first-order valence-electron chi connectivity index (χ1n) is 9.57. The minimum Gasteiger partial charge on any atom is -0.365 e. The standard InChI is InChI=1S/C22H22F2N4O/c1-15-21(16(2)28(25-15)17-7-4-3-5-8-17)26-11-13-27(14-12-26)22(29)20-18(23)9-6-10-19(20)24/h3-10H,11-14H2,1-2H3. The predicted molar refractivity (Wildman–Crippen MR) is 108 cm³/mol. The molecular formula is C22H22F2N4O. The first-order chi connectivity index (χ1) is 14.0. The number of anilines is 1. The van der Waals surface area contributed by atoms with Crippen LogP contribution in [-0.2, 0) is 0 Å². The normalized spacial score (nSPS) is 14.3. The number of para-hydroxylation sites is 1. The van der Waals surface area contributed by atoms with Crippen molar-refractivity contribution in [3.05, 3.63) is 77.1 Å². The molecule has 1 amide bonds. The molecule has 0 saturated carbocycles. The molecule has 1 aliphatic heterocycles. The molecule has 2 heterocycles. The topological polar surface area (TPSA) is 41.4 Å². The summed E-state index contributed by atoms with van der Waals surface area (Å²) in [7, 11) is 0. The zero-order chi connectivity index (χ0) is 20.5. The maximum atomic E-state index is 14.0. The molecule has 0 bridgehead atoms. The number of hydrogen-bond acceptors (Lipinski definition) is 3. The molecular weight excluding hydrogens is 374 g/mol. The van der Waals surface area contributed by atoms with E-state index >= 15 is 0 Å². The van der Waals surface area contributed by atoms with E-state index in [4.69, 9.17) is 0 Å². The third-order valence-electron chi connectivity index (χ3n) is 5.31. The van der Waals surface area contributed by atoms with Crippen LogP contribution in [-0.4, -0.2) is 46.8 Å². The van der Waals surface area contributed by atoms with Gasteiger partial charge < -0.3 is 9.80 Å². The van der Waals surface area contributed by atoms with Crippen LogP contribution in [0.4, 0.5) is 14.5 Å².